The van der Waals surface area contributed by atoms with Gasteiger partial charge in [0, 0.05) is 5.69 Å². The van der Waals surface area contributed by atoms with Crippen molar-refractivity contribution in [3.63, 3.8) is 0 Å². The number of alkyl halides is 3. The van der Waals surface area contributed by atoms with Gasteiger partial charge in [-0.15, -0.1) is 13.2 Å². The second-order valence-electron chi connectivity index (χ2n) is 7.52. The lowest BCUT2D eigenvalue weighted by atomic mass is 10.0. The summed E-state index contributed by atoms with van der Waals surface area (Å²) in [4.78, 5) is 31.2. The zero-order valence-corrected chi connectivity index (χ0v) is 18.0. The minimum absolute atomic E-state index is 0.185. The number of amides is 3. The first-order valence-electron chi connectivity index (χ1n) is 10.3. The highest BCUT2D eigenvalue weighted by atomic mass is 19.4. The molecule has 0 aliphatic carbocycles. The summed E-state index contributed by atoms with van der Waals surface area (Å²) in [6.07, 6.45) is -2.82. The minimum atomic E-state index is -4.77. The number of nitrogens with zero attached hydrogens (tertiary/aromatic N) is 2. The number of carbonyl (C=O) groups is 2. The Bertz CT molecular complexity index is 993. The molecule has 1 aromatic heterocycles. The molecule has 0 saturated carbocycles. The fourth-order valence-corrected chi connectivity index (χ4v) is 3.61. The Morgan fingerprint density at radius 1 is 1.28 bits per heavy atom. The molecule has 0 fully saturated rings. The van der Waals surface area contributed by atoms with Gasteiger partial charge in [-0.1, -0.05) is 32.4 Å². The molecule has 7 nitrogen and oxygen atoms in total. The minimum Gasteiger partial charge on any atom is -0.406 e. The van der Waals surface area contributed by atoms with Crippen LogP contribution >= 0.6 is 0 Å². The maximum atomic E-state index is 13.1. The van der Waals surface area contributed by atoms with E-state index in [1.54, 1.807) is 6.07 Å². The quantitative estimate of drug-likeness (QED) is 0.658. The van der Waals surface area contributed by atoms with E-state index in [0.29, 0.717) is 29.9 Å². The van der Waals surface area contributed by atoms with E-state index in [0.717, 1.165) is 17.7 Å². The normalized spacial score (nSPS) is 14.4. The summed E-state index contributed by atoms with van der Waals surface area (Å²) in [7, 11) is 0. The van der Waals surface area contributed by atoms with Gasteiger partial charge in [-0.3, -0.25) is 9.69 Å². The first kappa shape index (κ1) is 23.4. The van der Waals surface area contributed by atoms with Crippen LogP contribution in [0.5, 0.6) is 5.75 Å². The van der Waals surface area contributed by atoms with Gasteiger partial charge >= 0.3 is 12.4 Å². The SMILES string of the molecule is CCCC(NC(=O)N1CC(=O)Nc2cc(C)c(CC)nc21)c1ccc(OC(F)(F)F)cc1. The molecular weight excluding hydrogens is 425 g/mol. The van der Waals surface area contributed by atoms with Gasteiger partial charge in [0.15, 0.2) is 5.82 Å². The van der Waals surface area contributed by atoms with Crippen molar-refractivity contribution in [3.05, 3.63) is 47.2 Å². The molecule has 1 aliphatic rings. The smallest absolute Gasteiger partial charge is 0.406 e. The van der Waals surface area contributed by atoms with Gasteiger partial charge in [0.2, 0.25) is 5.91 Å². The Morgan fingerprint density at radius 2 is 1.97 bits per heavy atom. The summed E-state index contributed by atoms with van der Waals surface area (Å²) in [6, 6.07) is 6.20. The van der Waals surface area contributed by atoms with Gasteiger partial charge in [0.05, 0.1) is 11.7 Å². The summed E-state index contributed by atoms with van der Waals surface area (Å²) < 4.78 is 41.1. The Balaban J connectivity index is 1.83. The zero-order chi connectivity index (χ0) is 23.5. The molecule has 0 radical (unpaired) electrons. The molecule has 0 spiro atoms. The molecule has 0 bridgehead atoms. The predicted octanol–water partition coefficient (Wildman–Crippen LogP) is 4.86. The van der Waals surface area contributed by atoms with E-state index in [1.807, 2.05) is 20.8 Å². The van der Waals surface area contributed by atoms with Crippen molar-refractivity contribution in [1.29, 1.82) is 0 Å². The third-order valence-corrected chi connectivity index (χ3v) is 5.10. The van der Waals surface area contributed by atoms with Crippen LogP contribution in [0.25, 0.3) is 0 Å². The molecule has 2 heterocycles. The Hall–Kier alpha value is -3.30. The molecular formula is C22H25F3N4O3. The van der Waals surface area contributed by atoms with Crippen LogP contribution < -0.4 is 20.3 Å². The van der Waals surface area contributed by atoms with E-state index < -0.39 is 18.4 Å². The van der Waals surface area contributed by atoms with Crippen LogP contribution in [0.15, 0.2) is 30.3 Å². The summed E-state index contributed by atoms with van der Waals surface area (Å²) in [5.41, 5.74) is 2.83. The van der Waals surface area contributed by atoms with Crippen molar-refractivity contribution < 1.29 is 27.5 Å². The first-order chi connectivity index (χ1) is 15.1. The van der Waals surface area contributed by atoms with Crippen molar-refractivity contribution in [1.82, 2.24) is 10.3 Å². The Labute approximate surface area is 184 Å². The lowest BCUT2D eigenvalue weighted by Gasteiger charge is -2.31. The summed E-state index contributed by atoms with van der Waals surface area (Å²) in [5, 5.41) is 5.63. The number of carbonyl (C=O) groups excluding carboxylic acids is 2. The number of benzene rings is 1. The Morgan fingerprint density at radius 3 is 2.56 bits per heavy atom. The number of hydrogen-bond donors (Lipinski definition) is 2. The number of rotatable bonds is 6. The standard InChI is InChI=1S/C22H25F3N4O3/c1-4-6-17(14-7-9-15(10-8-14)32-22(23,24)25)28-21(31)29-12-19(30)26-18-11-13(3)16(5-2)27-20(18)29/h7-11,17H,4-6,12H2,1-3H3,(H,26,30)(H,28,31). The van der Waals surface area contributed by atoms with E-state index in [-0.39, 0.29) is 18.2 Å². The van der Waals surface area contributed by atoms with Crippen LogP contribution in [-0.2, 0) is 11.2 Å². The number of urea groups is 1. The third-order valence-electron chi connectivity index (χ3n) is 5.10. The molecule has 2 aromatic rings. The molecule has 0 saturated heterocycles. The third kappa shape index (κ3) is 5.49. The second-order valence-corrected chi connectivity index (χ2v) is 7.52. The van der Waals surface area contributed by atoms with Gasteiger partial charge in [0.1, 0.15) is 12.3 Å². The van der Waals surface area contributed by atoms with Gasteiger partial charge in [-0.25, -0.2) is 9.78 Å². The molecule has 1 atom stereocenters. The average Bonchev–Trinajstić information content (AvgIpc) is 2.71. The van der Waals surface area contributed by atoms with Crippen molar-refractivity contribution >= 4 is 23.4 Å². The van der Waals surface area contributed by atoms with E-state index in [1.165, 1.54) is 29.2 Å². The molecule has 1 aliphatic heterocycles. The topological polar surface area (TPSA) is 83.6 Å². The highest BCUT2D eigenvalue weighted by Crippen LogP contribution is 2.31. The van der Waals surface area contributed by atoms with Crippen LogP contribution in [0.2, 0.25) is 0 Å². The number of anilines is 2. The highest BCUT2D eigenvalue weighted by molar-refractivity contribution is 6.08. The molecule has 1 aromatic carbocycles. The largest absolute Gasteiger partial charge is 0.573 e. The number of aryl methyl sites for hydroxylation is 2. The lowest BCUT2D eigenvalue weighted by molar-refractivity contribution is -0.274. The van der Waals surface area contributed by atoms with E-state index >= 15 is 0 Å². The number of ether oxygens (including phenoxy) is 1. The lowest BCUT2D eigenvalue weighted by Crippen LogP contribution is -2.48. The molecule has 10 heteroatoms. The number of hydrogen-bond acceptors (Lipinski definition) is 4. The van der Waals surface area contributed by atoms with Crippen LogP contribution in [-0.4, -0.2) is 29.8 Å². The van der Waals surface area contributed by atoms with Crippen molar-refractivity contribution in [3.8, 4) is 5.75 Å². The fraction of sp³-hybridized carbons (Fsp3) is 0.409. The van der Waals surface area contributed by atoms with Crippen molar-refractivity contribution in [2.75, 3.05) is 16.8 Å². The number of nitrogens with one attached hydrogen (secondary N) is 2. The highest BCUT2D eigenvalue weighted by Gasteiger charge is 2.32. The molecule has 2 N–H and O–H groups in total. The van der Waals surface area contributed by atoms with Crippen molar-refractivity contribution in [2.45, 2.75) is 52.4 Å². The fourth-order valence-electron chi connectivity index (χ4n) is 3.61. The number of aromatic nitrogens is 1. The average molecular weight is 450 g/mol. The van der Waals surface area contributed by atoms with Crippen LogP contribution in [0, 0.1) is 6.92 Å². The van der Waals surface area contributed by atoms with Crippen LogP contribution in [0.1, 0.15) is 49.6 Å². The molecule has 32 heavy (non-hydrogen) atoms. The predicted molar refractivity (Wildman–Crippen MR) is 114 cm³/mol. The molecule has 3 amide bonds. The van der Waals surface area contributed by atoms with E-state index in [9.17, 15) is 22.8 Å². The maximum absolute atomic E-state index is 13.1. The summed E-state index contributed by atoms with van der Waals surface area (Å²) in [5.74, 6) is -0.302. The van der Waals surface area contributed by atoms with E-state index in [4.69, 9.17) is 0 Å². The number of halogens is 3. The Kier molecular flexibility index (Phi) is 6.90. The van der Waals surface area contributed by atoms with Gasteiger partial charge < -0.3 is 15.4 Å². The maximum Gasteiger partial charge on any atom is 0.573 e. The van der Waals surface area contributed by atoms with Crippen molar-refractivity contribution in [2.24, 2.45) is 0 Å². The first-order valence-corrected chi connectivity index (χ1v) is 10.3. The molecule has 1 unspecified atom stereocenters. The molecule has 172 valence electrons. The van der Waals surface area contributed by atoms with Gasteiger partial charge in [-0.2, -0.15) is 0 Å². The van der Waals surface area contributed by atoms with Crippen LogP contribution in [0.3, 0.4) is 0 Å². The van der Waals surface area contributed by atoms with Gasteiger partial charge in [-0.05, 0) is 49.1 Å². The number of pyridine rings is 1. The number of fused-ring (bicyclic) bond motifs is 1. The zero-order valence-electron chi connectivity index (χ0n) is 18.0. The monoisotopic (exact) mass is 450 g/mol. The van der Waals surface area contributed by atoms with Gasteiger partial charge in [0.25, 0.3) is 0 Å². The second kappa shape index (κ2) is 9.46. The molecule has 3 rings (SSSR count). The summed E-state index contributed by atoms with van der Waals surface area (Å²) in [6.45, 7) is 5.59. The summed E-state index contributed by atoms with van der Waals surface area (Å²) >= 11 is 0. The van der Waals surface area contributed by atoms with Crippen LogP contribution in [0.4, 0.5) is 29.5 Å². The van der Waals surface area contributed by atoms with E-state index in [2.05, 4.69) is 20.4 Å².